The predicted octanol–water partition coefficient (Wildman–Crippen LogP) is 10.4. The molecule has 53 heavy (non-hydrogen) atoms. The van der Waals surface area contributed by atoms with E-state index < -0.39 is 5.54 Å². The number of pyridine rings is 1. The number of hydrogen-bond acceptors (Lipinski definition) is 6. The maximum atomic E-state index is 5.72. The SMILES string of the molecule is CCc1nc2ccc(Br)nc2n1Cc1c2ccocc-2c(Br)c1-c1ccccc1-c1nnn(C(c2ccccc2)(c2ccccc2)c2ccccc2)n1. The molecular weight excluding hydrogens is 790 g/mol. The number of halogens is 2. The van der Waals surface area contributed by atoms with Gasteiger partial charge in [-0.15, -0.1) is 15.0 Å². The Labute approximate surface area is 322 Å². The molecule has 0 bridgehead atoms. The van der Waals surface area contributed by atoms with Gasteiger partial charge in [-0.3, -0.25) is 0 Å². The zero-order valence-corrected chi connectivity index (χ0v) is 31.7. The number of fused-ring (bicyclic) bond motifs is 2. The maximum absolute atomic E-state index is 5.72. The van der Waals surface area contributed by atoms with Gasteiger partial charge in [-0.2, -0.15) is 0 Å². The molecule has 0 fully saturated rings. The fourth-order valence-electron chi connectivity index (χ4n) is 7.51. The quantitative estimate of drug-likeness (QED) is 0.106. The van der Waals surface area contributed by atoms with E-state index in [1.165, 1.54) is 0 Å². The summed E-state index contributed by atoms with van der Waals surface area (Å²) >= 11 is 7.59. The largest absolute Gasteiger partial charge is 0.472 e. The highest BCUT2D eigenvalue weighted by molar-refractivity contribution is 9.11. The Balaban J connectivity index is 1.26. The van der Waals surface area contributed by atoms with Crippen molar-refractivity contribution < 1.29 is 4.42 Å². The highest BCUT2D eigenvalue weighted by Crippen LogP contribution is 2.49. The molecule has 0 unspecified atom stereocenters. The molecule has 1 aliphatic heterocycles. The van der Waals surface area contributed by atoms with Gasteiger partial charge in [0.25, 0.3) is 0 Å². The molecule has 9 rings (SSSR count). The zero-order chi connectivity index (χ0) is 35.9. The molecule has 4 heterocycles. The minimum atomic E-state index is -0.896. The second-order valence-corrected chi connectivity index (χ2v) is 14.4. The van der Waals surface area contributed by atoms with E-state index in [-0.39, 0.29) is 0 Å². The van der Waals surface area contributed by atoms with Crippen LogP contribution in [-0.4, -0.2) is 34.7 Å². The van der Waals surface area contributed by atoms with Crippen molar-refractivity contribution in [2.24, 2.45) is 0 Å². The van der Waals surface area contributed by atoms with Gasteiger partial charge in [-0.05, 0) is 88.7 Å². The fraction of sp³-hybridized carbons (Fsp3) is 0.0930. The third-order valence-electron chi connectivity index (χ3n) is 9.87. The van der Waals surface area contributed by atoms with E-state index in [9.17, 15) is 0 Å². The Morgan fingerprint density at radius 2 is 1.28 bits per heavy atom. The summed E-state index contributed by atoms with van der Waals surface area (Å²) in [5, 5.41) is 14.9. The Morgan fingerprint density at radius 3 is 1.92 bits per heavy atom. The molecule has 2 aliphatic rings. The molecule has 0 saturated carbocycles. The van der Waals surface area contributed by atoms with E-state index >= 15 is 0 Å². The fourth-order valence-corrected chi connectivity index (χ4v) is 8.57. The van der Waals surface area contributed by atoms with Gasteiger partial charge in [0.05, 0.1) is 19.1 Å². The number of nitrogens with zero attached hydrogens (tertiary/aromatic N) is 7. The molecule has 7 aromatic rings. The van der Waals surface area contributed by atoms with Crippen molar-refractivity contribution in [3.63, 3.8) is 0 Å². The van der Waals surface area contributed by atoms with E-state index in [2.05, 4.69) is 128 Å². The van der Waals surface area contributed by atoms with Crippen LogP contribution < -0.4 is 0 Å². The molecule has 1 aliphatic carbocycles. The van der Waals surface area contributed by atoms with Crippen LogP contribution in [0.2, 0.25) is 0 Å². The smallest absolute Gasteiger partial charge is 0.205 e. The van der Waals surface area contributed by atoms with Gasteiger partial charge in [0.1, 0.15) is 15.9 Å². The van der Waals surface area contributed by atoms with Crippen molar-refractivity contribution in [2.45, 2.75) is 25.4 Å². The number of hydrogen-bond donors (Lipinski definition) is 0. The predicted molar refractivity (Wildman–Crippen MR) is 214 cm³/mol. The minimum Gasteiger partial charge on any atom is -0.472 e. The Bertz CT molecular complexity index is 2570. The summed E-state index contributed by atoms with van der Waals surface area (Å²) in [5.74, 6) is 1.47. The normalized spacial score (nSPS) is 11.8. The first kappa shape index (κ1) is 33.1. The molecule has 0 spiro atoms. The molecule has 0 atom stereocenters. The van der Waals surface area contributed by atoms with Crippen LogP contribution in [-0.2, 0) is 18.5 Å². The highest BCUT2D eigenvalue weighted by Gasteiger charge is 2.41. The van der Waals surface area contributed by atoms with Crippen LogP contribution in [0, 0.1) is 0 Å². The highest BCUT2D eigenvalue weighted by atomic mass is 79.9. The molecule has 8 nitrogen and oxygen atoms in total. The first-order valence-corrected chi connectivity index (χ1v) is 18.9. The number of rotatable bonds is 9. The van der Waals surface area contributed by atoms with E-state index in [1.807, 2.05) is 48.5 Å². The van der Waals surface area contributed by atoms with Crippen LogP contribution in [0.15, 0.2) is 159 Å². The van der Waals surface area contributed by atoms with Crippen LogP contribution in [0.1, 0.15) is 35.0 Å². The number of imidazole rings is 1. The molecular formula is C43H31Br2N7O. The number of aromatic nitrogens is 7. The second-order valence-electron chi connectivity index (χ2n) is 12.8. The number of aryl methyl sites for hydroxylation is 1. The molecule has 0 saturated heterocycles. The van der Waals surface area contributed by atoms with Gasteiger partial charge in [-0.1, -0.05) is 122 Å². The van der Waals surface area contributed by atoms with E-state index in [4.69, 9.17) is 29.8 Å². The molecule has 0 radical (unpaired) electrons. The maximum Gasteiger partial charge on any atom is 0.205 e. The molecule has 0 amide bonds. The Morgan fingerprint density at radius 1 is 0.660 bits per heavy atom. The summed E-state index contributed by atoms with van der Waals surface area (Å²) in [6.07, 6.45) is 4.27. The molecule has 10 heteroatoms. The van der Waals surface area contributed by atoms with Gasteiger partial charge in [-0.25, -0.2) is 9.97 Å². The standard InChI is InChI=1S/C43H31Br2N7O/c1-2-38-46-36-22-23-37(44)47-42(36)51(38)26-34-31-24-25-53-27-35(31)40(45)39(34)32-20-12-13-21-33(32)41-48-50-52(49-41)43(28-14-6-3-7-15-28,29-16-8-4-9-17-29)30-18-10-5-11-19-30/h3-25,27H,2,26H2,1H3. The molecule has 0 N–H and O–H groups in total. The van der Waals surface area contributed by atoms with Crippen LogP contribution in [0.25, 0.3) is 44.8 Å². The first-order valence-electron chi connectivity index (χ1n) is 17.3. The van der Waals surface area contributed by atoms with Crippen molar-refractivity contribution >= 4 is 43.0 Å². The zero-order valence-electron chi connectivity index (χ0n) is 28.6. The summed E-state index contributed by atoms with van der Waals surface area (Å²) < 4.78 is 9.61. The topological polar surface area (TPSA) is 87.5 Å². The first-order chi connectivity index (χ1) is 26.1. The minimum absolute atomic E-state index is 0.508. The lowest BCUT2D eigenvalue weighted by Crippen LogP contribution is -2.39. The van der Waals surface area contributed by atoms with Crippen molar-refractivity contribution in [3.05, 3.63) is 183 Å². The van der Waals surface area contributed by atoms with Crippen LogP contribution >= 0.6 is 31.9 Å². The van der Waals surface area contributed by atoms with Crippen molar-refractivity contribution in [1.29, 1.82) is 0 Å². The summed E-state index contributed by atoms with van der Waals surface area (Å²) in [5.41, 5.74) is 9.82. The Kier molecular flexibility index (Phi) is 8.56. The second kappa shape index (κ2) is 13.7. The van der Waals surface area contributed by atoms with Gasteiger partial charge in [0.15, 0.2) is 11.2 Å². The monoisotopic (exact) mass is 819 g/mol. The van der Waals surface area contributed by atoms with Gasteiger partial charge < -0.3 is 8.98 Å². The van der Waals surface area contributed by atoms with Crippen molar-refractivity contribution in [2.75, 3.05) is 0 Å². The average Bonchev–Trinajstić information content (AvgIpc) is 3.91. The van der Waals surface area contributed by atoms with Gasteiger partial charge in [0.2, 0.25) is 5.82 Å². The summed E-state index contributed by atoms with van der Waals surface area (Å²) in [6.45, 7) is 2.66. The van der Waals surface area contributed by atoms with E-state index in [0.29, 0.717) is 12.4 Å². The molecule has 4 aromatic carbocycles. The summed E-state index contributed by atoms with van der Waals surface area (Å²) in [7, 11) is 0. The lowest BCUT2D eigenvalue weighted by atomic mass is 9.77. The van der Waals surface area contributed by atoms with E-state index in [1.54, 1.807) is 17.3 Å². The van der Waals surface area contributed by atoms with E-state index in [0.717, 1.165) is 82.6 Å². The van der Waals surface area contributed by atoms with Crippen molar-refractivity contribution in [3.8, 4) is 33.6 Å². The third-order valence-corrected chi connectivity index (χ3v) is 11.1. The lowest BCUT2D eigenvalue weighted by Gasteiger charge is -2.34. The lowest BCUT2D eigenvalue weighted by molar-refractivity contribution is 0.396. The molecule has 258 valence electrons. The summed E-state index contributed by atoms with van der Waals surface area (Å²) in [6, 6.07) is 45.3. The number of benzene rings is 4. The molecule has 3 aromatic heterocycles. The average molecular weight is 822 g/mol. The van der Waals surface area contributed by atoms with Gasteiger partial charge >= 0.3 is 0 Å². The third kappa shape index (κ3) is 5.52. The number of tetrazole rings is 1. The van der Waals surface area contributed by atoms with Crippen LogP contribution in [0.5, 0.6) is 0 Å². The van der Waals surface area contributed by atoms with Crippen LogP contribution in [0.4, 0.5) is 0 Å². The Hall–Kier alpha value is -5.71. The van der Waals surface area contributed by atoms with Crippen molar-refractivity contribution in [1.82, 2.24) is 34.7 Å². The summed E-state index contributed by atoms with van der Waals surface area (Å²) in [4.78, 5) is 11.6. The van der Waals surface area contributed by atoms with Gasteiger partial charge in [0, 0.05) is 27.6 Å². The van der Waals surface area contributed by atoms with Crippen LogP contribution in [0.3, 0.4) is 0 Å².